The number of hydrogen-bond donors (Lipinski definition) is 2. The van der Waals surface area contributed by atoms with Crippen LogP contribution in [0.15, 0.2) is 0 Å². The van der Waals surface area contributed by atoms with Crippen molar-refractivity contribution in [3.63, 3.8) is 0 Å². The summed E-state index contributed by atoms with van der Waals surface area (Å²) in [5, 5.41) is 12.0. The van der Waals surface area contributed by atoms with Gasteiger partial charge in [-0.1, -0.05) is 20.8 Å². The summed E-state index contributed by atoms with van der Waals surface area (Å²) in [6.45, 7) is 5.92. The van der Waals surface area contributed by atoms with Crippen LogP contribution in [-0.4, -0.2) is 49.1 Å². The summed E-state index contributed by atoms with van der Waals surface area (Å²) in [6, 6.07) is -0.130. The van der Waals surface area contributed by atoms with Crippen LogP contribution in [0.3, 0.4) is 0 Å². The van der Waals surface area contributed by atoms with Crippen LogP contribution in [0.5, 0.6) is 0 Å². The molecule has 0 fully saturated rings. The zero-order chi connectivity index (χ0) is 13.1. The molecule has 0 aromatic rings. The summed E-state index contributed by atoms with van der Waals surface area (Å²) in [5.41, 5.74) is -0.172. The highest BCUT2D eigenvalue weighted by Gasteiger charge is 2.42. The number of nitrogens with one attached hydrogen (secondary N) is 1. The second-order valence-electron chi connectivity index (χ2n) is 5.06. The van der Waals surface area contributed by atoms with Crippen LogP contribution in [-0.2, 0) is 0 Å². The second kappa shape index (κ2) is 5.33. The van der Waals surface area contributed by atoms with E-state index in [1.165, 1.54) is 7.05 Å². The summed E-state index contributed by atoms with van der Waals surface area (Å²) in [6.07, 6.45) is -7.02. The van der Waals surface area contributed by atoms with Gasteiger partial charge in [0.05, 0.1) is 0 Å². The lowest BCUT2D eigenvalue weighted by Gasteiger charge is -2.35. The number of rotatable bonds is 4. The van der Waals surface area contributed by atoms with E-state index < -0.39 is 12.4 Å². The van der Waals surface area contributed by atoms with Gasteiger partial charge in [0, 0.05) is 12.6 Å². The monoisotopic (exact) mass is 242 g/mol. The first-order chi connectivity index (χ1) is 7.00. The maximum absolute atomic E-state index is 12.2. The van der Waals surface area contributed by atoms with Gasteiger partial charge < -0.3 is 10.4 Å². The van der Waals surface area contributed by atoms with Crippen molar-refractivity contribution in [1.82, 2.24) is 10.2 Å². The molecule has 0 aliphatic heterocycles. The van der Waals surface area contributed by atoms with Crippen molar-refractivity contribution in [3.8, 4) is 0 Å². The van der Waals surface area contributed by atoms with E-state index >= 15 is 0 Å². The highest BCUT2D eigenvalue weighted by atomic mass is 19.4. The molecule has 0 aliphatic carbocycles. The van der Waals surface area contributed by atoms with E-state index in [4.69, 9.17) is 5.11 Å². The number of halogens is 3. The van der Waals surface area contributed by atoms with Crippen LogP contribution in [0.1, 0.15) is 20.8 Å². The van der Waals surface area contributed by atoms with Crippen molar-refractivity contribution in [2.45, 2.75) is 39.2 Å². The molecule has 0 radical (unpaired) electrons. The third-order valence-electron chi connectivity index (χ3n) is 2.57. The number of alkyl halides is 3. The molecule has 16 heavy (non-hydrogen) atoms. The fourth-order valence-corrected chi connectivity index (χ4v) is 1.44. The van der Waals surface area contributed by atoms with E-state index in [9.17, 15) is 13.2 Å². The largest absolute Gasteiger partial charge is 0.428 e. The third-order valence-corrected chi connectivity index (χ3v) is 2.57. The van der Waals surface area contributed by atoms with E-state index in [1.807, 2.05) is 20.8 Å². The van der Waals surface area contributed by atoms with Crippen LogP contribution >= 0.6 is 0 Å². The highest BCUT2D eigenvalue weighted by Crippen LogP contribution is 2.24. The molecule has 98 valence electrons. The summed E-state index contributed by atoms with van der Waals surface area (Å²) in [4.78, 5) is 0.895. The Kier molecular flexibility index (Phi) is 5.22. The van der Waals surface area contributed by atoms with Gasteiger partial charge in [-0.15, -0.1) is 0 Å². The van der Waals surface area contributed by atoms with Crippen molar-refractivity contribution in [2.75, 3.05) is 20.6 Å². The molecule has 0 aromatic carbocycles. The molecule has 3 nitrogen and oxygen atoms in total. The van der Waals surface area contributed by atoms with Crippen LogP contribution in [0.25, 0.3) is 0 Å². The molecule has 0 saturated heterocycles. The van der Waals surface area contributed by atoms with Crippen LogP contribution in [0, 0.1) is 5.41 Å². The summed E-state index contributed by atoms with van der Waals surface area (Å²) in [7, 11) is 2.96. The quantitative estimate of drug-likeness (QED) is 0.732. The number of aliphatic hydroxyl groups excluding tert-OH is 1. The van der Waals surface area contributed by atoms with Gasteiger partial charge in [0.1, 0.15) is 0 Å². The van der Waals surface area contributed by atoms with Crippen molar-refractivity contribution in [3.05, 3.63) is 0 Å². The standard InChI is InChI=1S/C10H21F3N2O/c1-9(2,3)7(14-4)6-15(5)8(16)10(11,12)13/h7-8,14,16H,6H2,1-5H3/t7-,8?/m1/s1. The Bertz CT molecular complexity index is 213. The smallest absolute Gasteiger partial charge is 0.370 e. The molecule has 2 N–H and O–H groups in total. The topological polar surface area (TPSA) is 35.5 Å². The lowest BCUT2D eigenvalue weighted by Crippen LogP contribution is -2.52. The van der Waals surface area contributed by atoms with Gasteiger partial charge in [-0.05, 0) is 19.5 Å². The Hall–Kier alpha value is -0.330. The van der Waals surface area contributed by atoms with Gasteiger partial charge >= 0.3 is 6.18 Å². The average molecular weight is 242 g/mol. The minimum Gasteiger partial charge on any atom is -0.370 e. The summed E-state index contributed by atoms with van der Waals surface area (Å²) >= 11 is 0. The molecular weight excluding hydrogens is 221 g/mol. The molecule has 0 saturated carbocycles. The first kappa shape index (κ1) is 15.7. The Morgan fingerprint density at radius 2 is 1.69 bits per heavy atom. The molecule has 0 bridgehead atoms. The molecule has 0 heterocycles. The third kappa shape index (κ3) is 4.67. The minimum atomic E-state index is -4.61. The molecule has 6 heteroatoms. The number of hydrogen-bond acceptors (Lipinski definition) is 3. The van der Waals surface area contributed by atoms with Gasteiger partial charge in [0.15, 0.2) is 0 Å². The van der Waals surface area contributed by atoms with E-state index in [0.717, 1.165) is 4.90 Å². The van der Waals surface area contributed by atoms with E-state index in [1.54, 1.807) is 7.05 Å². The average Bonchev–Trinajstić information content (AvgIpc) is 2.08. The predicted octanol–water partition coefficient (Wildman–Crippen LogP) is 1.43. The van der Waals surface area contributed by atoms with Gasteiger partial charge in [0.2, 0.25) is 6.23 Å². The normalized spacial score (nSPS) is 17.6. The van der Waals surface area contributed by atoms with E-state index in [0.29, 0.717) is 0 Å². The van der Waals surface area contributed by atoms with Crippen molar-refractivity contribution >= 4 is 0 Å². The van der Waals surface area contributed by atoms with Crippen LogP contribution in [0.2, 0.25) is 0 Å². The fraction of sp³-hybridized carbons (Fsp3) is 1.00. The first-order valence-electron chi connectivity index (χ1n) is 5.12. The maximum atomic E-state index is 12.2. The van der Waals surface area contributed by atoms with Gasteiger partial charge in [-0.2, -0.15) is 13.2 Å². The Morgan fingerprint density at radius 3 is 1.94 bits per heavy atom. The Balaban J connectivity index is 4.49. The number of nitrogens with zero attached hydrogens (tertiary/aromatic N) is 1. The summed E-state index contributed by atoms with van der Waals surface area (Å²) in [5.74, 6) is 0. The van der Waals surface area contributed by atoms with E-state index in [2.05, 4.69) is 5.32 Å². The molecular formula is C10H21F3N2O. The zero-order valence-corrected chi connectivity index (χ0v) is 10.4. The molecule has 0 aliphatic rings. The van der Waals surface area contributed by atoms with Gasteiger partial charge in [-0.3, -0.25) is 4.90 Å². The second-order valence-corrected chi connectivity index (χ2v) is 5.06. The molecule has 0 amide bonds. The van der Waals surface area contributed by atoms with Gasteiger partial charge in [0.25, 0.3) is 0 Å². The molecule has 0 rings (SSSR count). The van der Waals surface area contributed by atoms with E-state index in [-0.39, 0.29) is 18.0 Å². The molecule has 2 atom stereocenters. The lowest BCUT2D eigenvalue weighted by atomic mass is 9.86. The predicted molar refractivity (Wildman–Crippen MR) is 57.0 cm³/mol. The van der Waals surface area contributed by atoms with Crippen molar-refractivity contribution in [1.29, 1.82) is 0 Å². The van der Waals surface area contributed by atoms with Crippen molar-refractivity contribution < 1.29 is 18.3 Å². The number of aliphatic hydroxyl groups is 1. The van der Waals surface area contributed by atoms with Gasteiger partial charge in [-0.25, -0.2) is 0 Å². The number of likely N-dealkylation sites (N-methyl/N-ethyl adjacent to an activating group) is 2. The molecule has 0 aromatic heterocycles. The SMILES string of the molecule is CN[C@H](CN(C)C(O)C(F)(F)F)C(C)(C)C. The summed E-state index contributed by atoms with van der Waals surface area (Å²) < 4.78 is 36.7. The maximum Gasteiger partial charge on any atom is 0.428 e. The first-order valence-corrected chi connectivity index (χ1v) is 5.12. The minimum absolute atomic E-state index is 0.126. The molecule has 1 unspecified atom stereocenters. The Morgan fingerprint density at radius 1 is 1.25 bits per heavy atom. The Labute approximate surface area is 94.6 Å². The van der Waals surface area contributed by atoms with Crippen LogP contribution < -0.4 is 5.32 Å². The fourth-order valence-electron chi connectivity index (χ4n) is 1.44. The highest BCUT2D eigenvalue weighted by molar-refractivity contribution is 4.83. The van der Waals surface area contributed by atoms with Crippen LogP contribution in [0.4, 0.5) is 13.2 Å². The molecule has 0 spiro atoms. The lowest BCUT2D eigenvalue weighted by molar-refractivity contribution is -0.247. The zero-order valence-electron chi connectivity index (χ0n) is 10.4. The van der Waals surface area contributed by atoms with Crippen molar-refractivity contribution in [2.24, 2.45) is 5.41 Å².